The van der Waals surface area contributed by atoms with Gasteiger partial charge in [-0.2, -0.15) is 0 Å². The molecule has 3 N–H and O–H groups in total. The topological polar surface area (TPSA) is 91.8 Å². The molecule has 29 heavy (non-hydrogen) atoms. The van der Waals surface area contributed by atoms with Gasteiger partial charge >= 0.3 is 0 Å². The summed E-state index contributed by atoms with van der Waals surface area (Å²) in [6.45, 7) is 3.17. The Morgan fingerprint density at radius 2 is 1.90 bits per heavy atom. The van der Waals surface area contributed by atoms with Crippen LogP contribution in [-0.2, 0) is 16.4 Å². The number of aliphatic imine (C=N–C) groups is 1. The first-order chi connectivity index (χ1) is 13.4. The number of ether oxygens (including phenoxy) is 1. The molecule has 0 fully saturated rings. The van der Waals surface area contributed by atoms with Crippen LogP contribution in [0.2, 0.25) is 5.02 Å². The Balaban J connectivity index is 0.00000420. The highest BCUT2D eigenvalue weighted by molar-refractivity contribution is 14.0. The van der Waals surface area contributed by atoms with Crippen LogP contribution in [0.5, 0.6) is 5.75 Å². The molecular formula is C18H26ClIN4O3S2. The summed E-state index contributed by atoms with van der Waals surface area (Å²) in [6, 6.07) is 8.99. The van der Waals surface area contributed by atoms with Gasteiger partial charge in [0.15, 0.2) is 5.96 Å². The van der Waals surface area contributed by atoms with Gasteiger partial charge in [-0.3, -0.25) is 4.99 Å². The number of methoxy groups -OCH3 is 1. The number of sulfonamides is 1. The van der Waals surface area contributed by atoms with Gasteiger partial charge in [-0.05, 0) is 43.2 Å². The maximum Gasteiger partial charge on any atom is 0.250 e. The Morgan fingerprint density at radius 1 is 1.17 bits per heavy atom. The molecule has 0 aliphatic rings. The highest BCUT2D eigenvalue weighted by Gasteiger charge is 2.15. The summed E-state index contributed by atoms with van der Waals surface area (Å²) in [5.41, 5.74) is 1.00. The third-order valence-corrected chi connectivity index (χ3v) is 7.17. The van der Waals surface area contributed by atoms with Crippen molar-refractivity contribution in [1.82, 2.24) is 15.4 Å². The van der Waals surface area contributed by atoms with Crippen LogP contribution in [0, 0.1) is 6.92 Å². The van der Waals surface area contributed by atoms with E-state index in [0.29, 0.717) is 34.7 Å². The average molecular weight is 573 g/mol. The van der Waals surface area contributed by atoms with Crippen molar-refractivity contribution in [1.29, 1.82) is 0 Å². The lowest BCUT2D eigenvalue weighted by atomic mass is 10.1. The van der Waals surface area contributed by atoms with Gasteiger partial charge in [-0.15, -0.1) is 35.3 Å². The second-order valence-corrected chi connectivity index (χ2v) is 9.58. The minimum atomic E-state index is -3.46. The van der Waals surface area contributed by atoms with Gasteiger partial charge in [0, 0.05) is 36.6 Å². The van der Waals surface area contributed by atoms with Crippen LogP contribution in [-0.4, -0.2) is 48.2 Å². The summed E-state index contributed by atoms with van der Waals surface area (Å²) in [7, 11) is -0.202. The number of aryl methyl sites for hydroxylation is 1. The third kappa shape index (κ3) is 8.28. The molecule has 1 aromatic carbocycles. The minimum absolute atomic E-state index is 0. The Hall–Kier alpha value is -1.08. The van der Waals surface area contributed by atoms with Crippen LogP contribution in [0.4, 0.5) is 0 Å². The van der Waals surface area contributed by atoms with E-state index in [9.17, 15) is 8.42 Å². The number of hydrogen-bond donors (Lipinski definition) is 3. The molecule has 0 unspecified atom stereocenters. The fraction of sp³-hybridized carbons (Fsp3) is 0.389. The Labute approximate surface area is 198 Å². The van der Waals surface area contributed by atoms with E-state index in [-0.39, 0.29) is 30.5 Å². The maximum absolute atomic E-state index is 12.2. The quantitative estimate of drug-likeness (QED) is 0.186. The van der Waals surface area contributed by atoms with Crippen LogP contribution < -0.4 is 20.1 Å². The summed E-state index contributed by atoms with van der Waals surface area (Å²) < 4.78 is 32.4. The molecule has 11 heteroatoms. The van der Waals surface area contributed by atoms with Crippen molar-refractivity contribution < 1.29 is 13.2 Å². The van der Waals surface area contributed by atoms with Gasteiger partial charge in [-0.1, -0.05) is 17.7 Å². The first-order valence-electron chi connectivity index (χ1n) is 8.68. The van der Waals surface area contributed by atoms with E-state index in [1.807, 2.05) is 19.1 Å². The minimum Gasteiger partial charge on any atom is -0.497 e. The van der Waals surface area contributed by atoms with Crippen molar-refractivity contribution in [3.05, 3.63) is 45.8 Å². The number of thiophene rings is 1. The summed E-state index contributed by atoms with van der Waals surface area (Å²) in [6.07, 6.45) is 0.716. The van der Waals surface area contributed by atoms with E-state index in [1.165, 1.54) is 11.3 Å². The molecule has 0 spiro atoms. The first-order valence-corrected chi connectivity index (χ1v) is 11.4. The molecular weight excluding hydrogens is 547 g/mol. The van der Waals surface area contributed by atoms with Gasteiger partial charge < -0.3 is 15.4 Å². The van der Waals surface area contributed by atoms with Crippen molar-refractivity contribution in [2.45, 2.75) is 17.6 Å². The number of halogens is 2. The van der Waals surface area contributed by atoms with Gasteiger partial charge in [0.05, 0.1) is 7.11 Å². The average Bonchev–Trinajstić information content (AvgIpc) is 3.12. The molecule has 0 bridgehead atoms. The van der Waals surface area contributed by atoms with Gasteiger partial charge in [0.25, 0.3) is 0 Å². The SMILES string of the molecule is CN=C(NCCNS(=O)(=O)c1ccc(C)s1)NCCc1ccc(OC)cc1Cl.I. The lowest BCUT2D eigenvalue weighted by Crippen LogP contribution is -2.42. The predicted molar refractivity (Wildman–Crippen MR) is 131 cm³/mol. The zero-order chi connectivity index (χ0) is 20.6. The molecule has 2 aromatic rings. The number of nitrogens with zero attached hydrogens (tertiary/aromatic N) is 1. The molecule has 7 nitrogen and oxygen atoms in total. The highest BCUT2D eigenvalue weighted by Crippen LogP contribution is 2.22. The summed E-state index contributed by atoms with van der Waals surface area (Å²) in [5.74, 6) is 1.31. The molecule has 0 aliphatic carbocycles. The smallest absolute Gasteiger partial charge is 0.250 e. The molecule has 1 heterocycles. The van der Waals surface area contributed by atoms with Crippen LogP contribution in [0.15, 0.2) is 39.5 Å². The molecule has 0 saturated carbocycles. The molecule has 0 amide bonds. The van der Waals surface area contributed by atoms with Crippen molar-refractivity contribution in [2.75, 3.05) is 33.8 Å². The van der Waals surface area contributed by atoms with Crippen molar-refractivity contribution in [3.63, 3.8) is 0 Å². The summed E-state index contributed by atoms with van der Waals surface area (Å²) in [4.78, 5) is 5.09. The second-order valence-electron chi connectivity index (χ2n) is 5.90. The van der Waals surface area contributed by atoms with Gasteiger partial charge in [0.2, 0.25) is 10.0 Å². The highest BCUT2D eigenvalue weighted by atomic mass is 127. The normalized spacial score (nSPS) is 11.7. The fourth-order valence-corrected chi connectivity index (χ4v) is 5.01. The molecule has 1 aromatic heterocycles. The van der Waals surface area contributed by atoms with Crippen LogP contribution in [0.3, 0.4) is 0 Å². The largest absolute Gasteiger partial charge is 0.497 e. The predicted octanol–water partition coefficient (Wildman–Crippen LogP) is 3.02. The Kier molecular flexibility index (Phi) is 11.3. The van der Waals surface area contributed by atoms with Crippen molar-refractivity contribution in [3.8, 4) is 5.75 Å². The number of guanidine groups is 1. The van der Waals surface area contributed by atoms with E-state index < -0.39 is 10.0 Å². The van der Waals surface area contributed by atoms with E-state index in [0.717, 1.165) is 16.2 Å². The number of nitrogens with one attached hydrogen (secondary N) is 3. The second kappa shape index (κ2) is 12.6. The van der Waals surface area contributed by atoms with Gasteiger partial charge in [-0.25, -0.2) is 13.1 Å². The number of rotatable bonds is 9. The zero-order valence-corrected chi connectivity index (χ0v) is 21.2. The fourth-order valence-electron chi connectivity index (χ4n) is 2.39. The van der Waals surface area contributed by atoms with E-state index in [4.69, 9.17) is 16.3 Å². The van der Waals surface area contributed by atoms with Crippen LogP contribution in [0.25, 0.3) is 0 Å². The Bertz CT molecular complexity index is 920. The molecule has 0 saturated heterocycles. The standard InChI is InChI=1S/C18H25ClN4O3S2.HI/c1-13-4-7-17(27-13)28(24,25)23-11-10-22-18(20-2)21-9-8-14-5-6-15(26-3)12-16(14)19;/h4-7,12,23H,8-11H2,1-3H3,(H2,20,21,22);1H. The van der Waals surface area contributed by atoms with Crippen LogP contribution in [0.1, 0.15) is 10.4 Å². The lowest BCUT2D eigenvalue weighted by molar-refractivity contribution is 0.414. The summed E-state index contributed by atoms with van der Waals surface area (Å²) in [5, 5.41) is 6.92. The number of hydrogen-bond acceptors (Lipinski definition) is 5. The zero-order valence-electron chi connectivity index (χ0n) is 16.5. The van der Waals surface area contributed by atoms with Crippen molar-refractivity contribution in [2.24, 2.45) is 4.99 Å². The maximum atomic E-state index is 12.2. The molecule has 0 atom stereocenters. The van der Waals surface area contributed by atoms with E-state index >= 15 is 0 Å². The molecule has 0 aliphatic heterocycles. The van der Waals surface area contributed by atoms with Gasteiger partial charge in [0.1, 0.15) is 9.96 Å². The van der Waals surface area contributed by atoms with Crippen LogP contribution >= 0.6 is 46.9 Å². The lowest BCUT2D eigenvalue weighted by Gasteiger charge is -2.13. The summed E-state index contributed by atoms with van der Waals surface area (Å²) >= 11 is 7.49. The Morgan fingerprint density at radius 3 is 2.48 bits per heavy atom. The van der Waals surface area contributed by atoms with E-state index in [2.05, 4.69) is 20.3 Å². The number of benzene rings is 1. The molecule has 0 radical (unpaired) electrons. The first kappa shape index (κ1) is 26.0. The van der Waals surface area contributed by atoms with Crippen molar-refractivity contribution >= 4 is 62.9 Å². The monoisotopic (exact) mass is 572 g/mol. The molecule has 162 valence electrons. The van der Waals surface area contributed by atoms with E-state index in [1.54, 1.807) is 32.4 Å². The molecule has 2 rings (SSSR count). The third-order valence-electron chi connectivity index (χ3n) is 3.86.